The number of anilines is 2. The Kier molecular flexibility index (Phi) is 6.37. The highest BCUT2D eigenvalue weighted by atomic mass is 32.2. The third kappa shape index (κ3) is 5.27. The molecule has 2 aliphatic rings. The van der Waals surface area contributed by atoms with Crippen molar-refractivity contribution in [3.63, 3.8) is 0 Å². The first-order chi connectivity index (χ1) is 17.0. The van der Waals surface area contributed by atoms with Gasteiger partial charge in [0, 0.05) is 41.9 Å². The van der Waals surface area contributed by atoms with E-state index < -0.39 is 10.0 Å². The van der Waals surface area contributed by atoms with E-state index in [-0.39, 0.29) is 10.8 Å². The predicted octanol–water partition coefficient (Wildman–Crippen LogP) is 4.06. The van der Waals surface area contributed by atoms with Crippen LogP contribution in [0.1, 0.15) is 23.2 Å². The van der Waals surface area contributed by atoms with Gasteiger partial charge in [-0.05, 0) is 48.5 Å². The normalized spacial score (nSPS) is 14.9. The molecule has 3 aromatic carbocycles. The lowest BCUT2D eigenvalue weighted by Crippen LogP contribution is -2.14. The molecule has 2 heterocycles. The standard InChI is InChI=1S/C25H24N2O7S/c28-25(26-19-7-9-21-23(15-19)33-13-1-11-31-21)17-3-5-18(6-4-17)27-35(29,30)20-8-10-22-24(16-20)34-14-2-12-32-22/h3-10,15-16,27H,1-2,11-14H2,(H,26,28). The molecule has 35 heavy (non-hydrogen) atoms. The van der Waals surface area contributed by atoms with E-state index in [9.17, 15) is 13.2 Å². The second kappa shape index (κ2) is 9.75. The Balaban J connectivity index is 1.26. The van der Waals surface area contributed by atoms with Crippen LogP contribution in [0.15, 0.2) is 65.6 Å². The minimum absolute atomic E-state index is 0.0537. The van der Waals surface area contributed by atoms with Gasteiger partial charge in [0.2, 0.25) is 0 Å². The first-order valence-electron chi connectivity index (χ1n) is 11.2. The molecule has 0 atom stereocenters. The zero-order chi connectivity index (χ0) is 24.3. The van der Waals surface area contributed by atoms with Crippen molar-refractivity contribution in [3.05, 3.63) is 66.2 Å². The Hall–Kier alpha value is -3.92. The van der Waals surface area contributed by atoms with Crippen molar-refractivity contribution in [2.75, 3.05) is 36.5 Å². The first kappa shape index (κ1) is 22.9. The number of sulfonamides is 1. The molecule has 0 unspecified atom stereocenters. The van der Waals surface area contributed by atoms with Gasteiger partial charge in [-0.1, -0.05) is 0 Å². The largest absolute Gasteiger partial charge is 0.490 e. The molecule has 0 radical (unpaired) electrons. The van der Waals surface area contributed by atoms with E-state index in [0.29, 0.717) is 66.4 Å². The predicted molar refractivity (Wildman–Crippen MR) is 129 cm³/mol. The van der Waals surface area contributed by atoms with Gasteiger partial charge in [-0.15, -0.1) is 0 Å². The molecule has 2 aliphatic heterocycles. The van der Waals surface area contributed by atoms with Crippen molar-refractivity contribution >= 4 is 27.3 Å². The molecule has 3 aromatic rings. The summed E-state index contributed by atoms with van der Waals surface area (Å²) < 4.78 is 50.7. The van der Waals surface area contributed by atoms with E-state index in [4.69, 9.17) is 18.9 Å². The summed E-state index contributed by atoms with van der Waals surface area (Å²) in [5.41, 5.74) is 1.26. The molecule has 0 fully saturated rings. The van der Waals surface area contributed by atoms with Crippen LogP contribution >= 0.6 is 0 Å². The lowest BCUT2D eigenvalue weighted by molar-refractivity contribution is 0.102. The zero-order valence-electron chi connectivity index (χ0n) is 18.8. The molecule has 0 spiro atoms. The van der Waals surface area contributed by atoms with Crippen molar-refractivity contribution in [1.29, 1.82) is 0 Å². The lowest BCUT2D eigenvalue weighted by atomic mass is 10.2. The van der Waals surface area contributed by atoms with E-state index >= 15 is 0 Å². The van der Waals surface area contributed by atoms with Gasteiger partial charge in [-0.2, -0.15) is 0 Å². The fraction of sp³-hybridized carbons (Fsp3) is 0.240. The van der Waals surface area contributed by atoms with E-state index in [0.717, 1.165) is 12.8 Å². The minimum atomic E-state index is -3.86. The lowest BCUT2D eigenvalue weighted by Gasteiger charge is -2.12. The topological polar surface area (TPSA) is 112 Å². The minimum Gasteiger partial charge on any atom is -0.490 e. The molecule has 0 saturated carbocycles. The maximum atomic E-state index is 12.9. The van der Waals surface area contributed by atoms with Crippen LogP contribution in [0.4, 0.5) is 11.4 Å². The molecule has 1 amide bonds. The summed E-state index contributed by atoms with van der Waals surface area (Å²) in [6.45, 7) is 2.11. The maximum absolute atomic E-state index is 12.9. The van der Waals surface area contributed by atoms with Crippen molar-refractivity contribution in [2.45, 2.75) is 17.7 Å². The van der Waals surface area contributed by atoms with Crippen LogP contribution in [0.25, 0.3) is 0 Å². The van der Waals surface area contributed by atoms with Crippen LogP contribution in [0.5, 0.6) is 23.0 Å². The number of benzene rings is 3. The van der Waals surface area contributed by atoms with Crippen LogP contribution < -0.4 is 29.0 Å². The number of nitrogens with one attached hydrogen (secondary N) is 2. The molecule has 0 bridgehead atoms. The van der Waals surface area contributed by atoms with Gasteiger partial charge in [-0.25, -0.2) is 8.42 Å². The highest BCUT2D eigenvalue weighted by Gasteiger charge is 2.19. The van der Waals surface area contributed by atoms with Crippen molar-refractivity contribution in [1.82, 2.24) is 0 Å². The number of hydrogen-bond acceptors (Lipinski definition) is 7. The van der Waals surface area contributed by atoms with E-state index in [1.807, 2.05) is 0 Å². The second-order valence-electron chi connectivity index (χ2n) is 8.01. The molecule has 9 nitrogen and oxygen atoms in total. The summed E-state index contributed by atoms with van der Waals surface area (Å²) in [5, 5.41) is 2.82. The van der Waals surface area contributed by atoms with Crippen LogP contribution in [-0.4, -0.2) is 40.8 Å². The molecular formula is C25H24N2O7S. The Bertz CT molecular complexity index is 1340. The number of carbonyl (C=O) groups excluding carboxylic acids is 1. The number of ether oxygens (including phenoxy) is 4. The average Bonchev–Trinajstić information content (AvgIpc) is 3.24. The smallest absolute Gasteiger partial charge is 0.262 e. The SMILES string of the molecule is O=C(Nc1ccc2c(c1)OCCCO2)c1ccc(NS(=O)(=O)c2ccc3c(c2)OCCCO3)cc1. The summed E-state index contributed by atoms with van der Waals surface area (Å²) >= 11 is 0. The number of fused-ring (bicyclic) bond motifs is 2. The molecule has 2 N–H and O–H groups in total. The summed E-state index contributed by atoms with van der Waals surface area (Å²) in [7, 11) is -3.86. The maximum Gasteiger partial charge on any atom is 0.262 e. The van der Waals surface area contributed by atoms with Gasteiger partial charge in [0.15, 0.2) is 23.0 Å². The van der Waals surface area contributed by atoms with Gasteiger partial charge in [-0.3, -0.25) is 9.52 Å². The fourth-order valence-corrected chi connectivity index (χ4v) is 4.73. The molecule has 0 saturated heterocycles. The van der Waals surface area contributed by atoms with Crippen molar-refractivity contribution in [2.24, 2.45) is 0 Å². The third-order valence-corrected chi connectivity index (χ3v) is 6.81. The van der Waals surface area contributed by atoms with Crippen molar-refractivity contribution in [3.8, 4) is 23.0 Å². The van der Waals surface area contributed by atoms with Crippen LogP contribution in [-0.2, 0) is 10.0 Å². The summed E-state index contributed by atoms with van der Waals surface area (Å²) in [6.07, 6.45) is 1.52. The molecule has 0 aliphatic carbocycles. The van der Waals surface area contributed by atoms with Gasteiger partial charge in [0.1, 0.15) is 0 Å². The molecule has 5 rings (SSSR count). The van der Waals surface area contributed by atoms with E-state index in [2.05, 4.69) is 10.0 Å². The highest BCUT2D eigenvalue weighted by molar-refractivity contribution is 7.92. The summed E-state index contributed by atoms with van der Waals surface area (Å²) in [6, 6.07) is 15.9. The first-order valence-corrected chi connectivity index (χ1v) is 12.7. The van der Waals surface area contributed by atoms with Gasteiger partial charge in [0.25, 0.3) is 15.9 Å². The quantitative estimate of drug-likeness (QED) is 0.548. The van der Waals surface area contributed by atoms with E-state index in [1.165, 1.54) is 24.3 Å². The van der Waals surface area contributed by atoms with Crippen molar-refractivity contribution < 1.29 is 32.2 Å². The Labute approximate surface area is 203 Å². The number of carbonyl (C=O) groups is 1. The zero-order valence-corrected chi connectivity index (χ0v) is 19.6. The molecular weight excluding hydrogens is 472 g/mol. The fourth-order valence-electron chi connectivity index (χ4n) is 3.66. The van der Waals surface area contributed by atoms with Crippen LogP contribution in [0, 0.1) is 0 Å². The molecule has 182 valence electrons. The number of rotatable bonds is 5. The number of amides is 1. The average molecular weight is 497 g/mol. The van der Waals surface area contributed by atoms with E-state index in [1.54, 1.807) is 36.4 Å². The summed E-state index contributed by atoms with van der Waals surface area (Å²) in [5.74, 6) is 1.81. The monoisotopic (exact) mass is 496 g/mol. The Morgan fingerprint density at radius 2 is 1.20 bits per heavy atom. The van der Waals surface area contributed by atoms with Gasteiger partial charge in [0.05, 0.1) is 31.3 Å². The van der Waals surface area contributed by atoms with Crippen LogP contribution in [0.3, 0.4) is 0 Å². The Morgan fingerprint density at radius 3 is 1.86 bits per heavy atom. The van der Waals surface area contributed by atoms with Crippen LogP contribution in [0.2, 0.25) is 0 Å². The number of hydrogen-bond donors (Lipinski definition) is 2. The van der Waals surface area contributed by atoms with Gasteiger partial charge >= 0.3 is 0 Å². The highest BCUT2D eigenvalue weighted by Crippen LogP contribution is 2.33. The van der Waals surface area contributed by atoms with Gasteiger partial charge < -0.3 is 24.3 Å². The summed E-state index contributed by atoms with van der Waals surface area (Å²) in [4.78, 5) is 12.7. The Morgan fingerprint density at radius 1 is 0.657 bits per heavy atom. The second-order valence-corrected chi connectivity index (χ2v) is 9.69. The molecule has 0 aromatic heterocycles. The third-order valence-electron chi connectivity index (χ3n) is 5.43. The molecule has 10 heteroatoms.